The molecule has 0 spiro atoms. The molecule has 0 radical (unpaired) electrons. The molecule has 2 aromatic carbocycles. The maximum absolute atomic E-state index is 9.86. The van der Waals surface area contributed by atoms with Gasteiger partial charge in [0, 0.05) is 19.0 Å². The smallest absolute Gasteiger partial charge is 0.242 e. The molecule has 0 saturated heterocycles. The van der Waals surface area contributed by atoms with E-state index in [0.717, 1.165) is 36.3 Å². The average Bonchev–Trinajstić information content (AvgIpc) is 3.31. The van der Waals surface area contributed by atoms with Crippen LogP contribution in [0.5, 0.6) is 23.1 Å². The van der Waals surface area contributed by atoms with Gasteiger partial charge in [-0.25, -0.2) is 4.98 Å². The van der Waals surface area contributed by atoms with Crippen molar-refractivity contribution in [3.05, 3.63) is 63.0 Å². The number of hydrogen-bond acceptors (Lipinski definition) is 10. The van der Waals surface area contributed by atoms with Crippen LogP contribution in [0.1, 0.15) is 28.4 Å². The number of benzene rings is 2. The summed E-state index contributed by atoms with van der Waals surface area (Å²) in [5.74, 6) is 1.39. The van der Waals surface area contributed by atoms with E-state index in [-0.39, 0.29) is 28.2 Å². The topological polar surface area (TPSA) is 144 Å². The van der Waals surface area contributed by atoms with E-state index in [4.69, 9.17) is 27.9 Å². The number of guanidine groups is 1. The van der Waals surface area contributed by atoms with Gasteiger partial charge in [-0.15, -0.1) is 0 Å². The minimum Gasteiger partial charge on any atom is -0.508 e. The first-order chi connectivity index (χ1) is 17.8. The van der Waals surface area contributed by atoms with Crippen molar-refractivity contribution < 1.29 is 20.1 Å². The summed E-state index contributed by atoms with van der Waals surface area (Å²) in [4.78, 5) is 12.4. The number of aliphatic imine (C=N–C) groups is 1. The summed E-state index contributed by atoms with van der Waals surface area (Å²) in [6.45, 7) is 4.78. The Morgan fingerprint density at radius 1 is 1.08 bits per heavy atom. The van der Waals surface area contributed by atoms with Crippen LogP contribution >= 0.6 is 23.2 Å². The van der Waals surface area contributed by atoms with Crippen molar-refractivity contribution in [1.29, 1.82) is 0 Å². The molecular formula is C25H28Cl2N6O4. The first-order valence-corrected chi connectivity index (χ1v) is 12.4. The fraction of sp³-hybridized carbons (Fsp3) is 0.320. The summed E-state index contributed by atoms with van der Waals surface area (Å²) in [6.07, 6.45) is 0.691. The molecule has 1 aromatic heterocycles. The molecule has 3 heterocycles. The SMILES string of the molecule is COc1nc(C)nc(Cl)c1NC1=NCCN1.Oc1ccc(C2CNCCc3c2cc(O)c(O)c3Cl)cc1. The lowest BCUT2D eigenvalue weighted by Crippen LogP contribution is -2.26. The highest BCUT2D eigenvalue weighted by molar-refractivity contribution is 6.33. The second-order valence-corrected chi connectivity index (χ2v) is 9.19. The van der Waals surface area contributed by atoms with E-state index in [1.165, 1.54) is 7.11 Å². The number of nitrogens with zero attached hydrogens (tertiary/aromatic N) is 3. The Kier molecular flexibility index (Phi) is 8.42. The van der Waals surface area contributed by atoms with Crippen LogP contribution in [0.2, 0.25) is 10.2 Å². The number of rotatable bonds is 3. The highest BCUT2D eigenvalue weighted by Crippen LogP contribution is 2.42. The first-order valence-electron chi connectivity index (χ1n) is 11.6. The van der Waals surface area contributed by atoms with Crippen LogP contribution in [-0.4, -0.2) is 64.5 Å². The highest BCUT2D eigenvalue weighted by Gasteiger charge is 2.25. The summed E-state index contributed by atoms with van der Waals surface area (Å²) in [5, 5.41) is 39.1. The van der Waals surface area contributed by atoms with Gasteiger partial charge in [0.25, 0.3) is 0 Å². The van der Waals surface area contributed by atoms with Gasteiger partial charge in [0.2, 0.25) is 5.88 Å². The maximum Gasteiger partial charge on any atom is 0.242 e. The van der Waals surface area contributed by atoms with Crippen LogP contribution in [0.4, 0.5) is 5.69 Å². The van der Waals surface area contributed by atoms with Crippen LogP contribution in [0.15, 0.2) is 35.3 Å². The van der Waals surface area contributed by atoms with Crippen molar-refractivity contribution in [2.24, 2.45) is 4.99 Å². The number of anilines is 1. The zero-order valence-corrected chi connectivity index (χ0v) is 21.9. The number of aromatic nitrogens is 2. The normalized spacial score (nSPS) is 16.4. The number of methoxy groups -OCH3 is 1. The Bertz CT molecular complexity index is 1300. The number of hydrogen-bond donors (Lipinski definition) is 6. The van der Waals surface area contributed by atoms with E-state index < -0.39 is 0 Å². The van der Waals surface area contributed by atoms with E-state index in [2.05, 4.69) is 30.9 Å². The van der Waals surface area contributed by atoms with Crippen molar-refractivity contribution in [2.75, 3.05) is 38.6 Å². The summed E-state index contributed by atoms with van der Waals surface area (Å²) < 4.78 is 5.14. The van der Waals surface area contributed by atoms with E-state index in [1.807, 2.05) is 12.1 Å². The van der Waals surface area contributed by atoms with E-state index in [1.54, 1.807) is 25.1 Å². The standard InChI is InChI=1S/C16H16ClNO3.C9H12ClN5O/c17-15-11-5-6-18-8-13(9-1-3-10(19)4-2-9)12(11)7-14(20)16(15)21;1-5-13-7(10)6(8(14-5)16-2)15-9-11-3-4-12-9/h1-4,7,13,18-21H,5-6,8H2;3-4H2,1-2H3,(H2,11,12,15). The predicted octanol–water partition coefficient (Wildman–Crippen LogP) is 3.55. The van der Waals surface area contributed by atoms with Crippen molar-refractivity contribution in [1.82, 2.24) is 20.6 Å². The van der Waals surface area contributed by atoms with Gasteiger partial charge >= 0.3 is 0 Å². The fourth-order valence-electron chi connectivity index (χ4n) is 4.19. The molecule has 10 nitrogen and oxygen atoms in total. The van der Waals surface area contributed by atoms with Gasteiger partial charge in [0.1, 0.15) is 17.3 Å². The van der Waals surface area contributed by atoms with Gasteiger partial charge in [0.05, 0.1) is 18.7 Å². The van der Waals surface area contributed by atoms with Gasteiger partial charge in [-0.2, -0.15) is 4.98 Å². The van der Waals surface area contributed by atoms with E-state index in [0.29, 0.717) is 41.5 Å². The average molecular weight is 547 g/mol. The number of aromatic hydroxyl groups is 3. The Hall–Kier alpha value is -3.47. The van der Waals surface area contributed by atoms with Crippen molar-refractivity contribution in [2.45, 2.75) is 19.3 Å². The molecule has 6 N–H and O–H groups in total. The second kappa shape index (κ2) is 11.7. The number of phenols is 3. The third kappa shape index (κ3) is 6.10. The second-order valence-electron chi connectivity index (χ2n) is 8.45. The Balaban J connectivity index is 0.000000180. The molecule has 3 aromatic rings. The third-order valence-corrected chi connectivity index (χ3v) is 6.66. The van der Waals surface area contributed by atoms with Crippen LogP contribution in [0, 0.1) is 6.92 Å². The number of fused-ring (bicyclic) bond motifs is 1. The molecule has 37 heavy (non-hydrogen) atoms. The number of phenolic OH excluding ortho intramolecular Hbond substituents is 3. The van der Waals surface area contributed by atoms with E-state index in [9.17, 15) is 15.3 Å². The maximum atomic E-state index is 9.86. The van der Waals surface area contributed by atoms with Crippen molar-refractivity contribution in [3.63, 3.8) is 0 Å². The predicted molar refractivity (Wildman–Crippen MR) is 144 cm³/mol. The number of halogens is 2. The lowest BCUT2D eigenvalue weighted by atomic mass is 9.87. The molecule has 12 heteroatoms. The van der Waals surface area contributed by atoms with Crippen LogP contribution in [0.3, 0.4) is 0 Å². The van der Waals surface area contributed by atoms with Crippen molar-refractivity contribution >= 4 is 34.8 Å². The quantitative estimate of drug-likeness (QED) is 0.214. The Morgan fingerprint density at radius 3 is 2.51 bits per heavy atom. The fourth-order valence-corrected chi connectivity index (χ4v) is 4.74. The van der Waals surface area contributed by atoms with Gasteiger partial charge in [0.15, 0.2) is 22.6 Å². The number of aryl methyl sites for hydroxylation is 1. The molecule has 2 aliphatic rings. The molecule has 0 bridgehead atoms. The molecule has 0 saturated carbocycles. The zero-order chi connectivity index (χ0) is 26.5. The third-order valence-electron chi connectivity index (χ3n) is 5.98. The lowest BCUT2D eigenvalue weighted by molar-refractivity contribution is 0.398. The summed E-state index contributed by atoms with van der Waals surface area (Å²) in [7, 11) is 1.53. The molecule has 196 valence electrons. The minimum absolute atomic E-state index is 0.00657. The van der Waals surface area contributed by atoms with Crippen LogP contribution in [0.25, 0.3) is 0 Å². The number of nitrogens with one attached hydrogen (secondary N) is 3. The van der Waals surface area contributed by atoms with Gasteiger partial charge in [-0.1, -0.05) is 35.3 Å². The van der Waals surface area contributed by atoms with Gasteiger partial charge in [-0.05, 0) is 54.8 Å². The molecule has 5 rings (SSSR count). The van der Waals surface area contributed by atoms with Crippen LogP contribution < -0.4 is 20.7 Å². The van der Waals surface area contributed by atoms with Gasteiger partial charge in [-0.3, -0.25) is 4.99 Å². The molecule has 1 atom stereocenters. The summed E-state index contributed by atoms with van der Waals surface area (Å²) in [6, 6.07) is 8.58. The minimum atomic E-state index is -0.262. The monoisotopic (exact) mass is 546 g/mol. The van der Waals surface area contributed by atoms with Gasteiger partial charge < -0.3 is 36.0 Å². The Morgan fingerprint density at radius 2 is 1.84 bits per heavy atom. The largest absolute Gasteiger partial charge is 0.508 e. The molecule has 1 unspecified atom stereocenters. The molecule has 0 aliphatic carbocycles. The molecule has 2 aliphatic heterocycles. The van der Waals surface area contributed by atoms with E-state index >= 15 is 0 Å². The number of ether oxygens (including phenoxy) is 1. The summed E-state index contributed by atoms with van der Waals surface area (Å²) in [5.41, 5.74) is 3.31. The molecule has 0 amide bonds. The Labute approximate surface area is 224 Å². The lowest BCUT2D eigenvalue weighted by Gasteiger charge is -2.20. The highest BCUT2D eigenvalue weighted by atomic mass is 35.5. The molecular weight excluding hydrogens is 519 g/mol. The van der Waals surface area contributed by atoms with Crippen LogP contribution in [-0.2, 0) is 6.42 Å². The zero-order valence-electron chi connectivity index (χ0n) is 20.3. The van der Waals surface area contributed by atoms with Crippen molar-refractivity contribution in [3.8, 4) is 23.1 Å². The molecule has 0 fully saturated rings. The summed E-state index contributed by atoms with van der Waals surface area (Å²) >= 11 is 12.2. The first kappa shape index (κ1) is 26.6.